The van der Waals surface area contributed by atoms with Crippen LogP contribution in [-0.4, -0.2) is 54.4 Å². The maximum atomic E-state index is 12.6. The Hall–Kier alpha value is -2.19. The lowest BCUT2D eigenvalue weighted by molar-refractivity contribution is -0.384. The van der Waals surface area contributed by atoms with Crippen LogP contribution in [0.1, 0.15) is 43.5 Å². The zero-order valence-corrected chi connectivity index (χ0v) is 17.9. The quantitative estimate of drug-likeness (QED) is 0.493. The molecule has 1 aromatic rings. The third-order valence-corrected chi connectivity index (χ3v) is 5.65. The Labute approximate surface area is 176 Å². The Morgan fingerprint density at radius 3 is 2.52 bits per heavy atom. The van der Waals surface area contributed by atoms with Crippen molar-refractivity contribution in [3.63, 3.8) is 0 Å². The molecule has 0 saturated carbocycles. The van der Waals surface area contributed by atoms with E-state index in [0.717, 1.165) is 38.4 Å². The van der Waals surface area contributed by atoms with Crippen molar-refractivity contribution >= 4 is 29.1 Å². The van der Waals surface area contributed by atoms with Crippen molar-refractivity contribution in [3.8, 4) is 0 Å². The average Bonchev–Trinajstić information content (AvgIpc) is 2.66. The van der Waals surface area contributed by atoms with Gasteiger partial charge in [-0.05, 0) is 57.3 Å². The summed E-state index contributed by atoms with van der Waals surface area (Å²) in [7, 11) is 2.12. The lowest BCUT2D eigenvalue weighted by Gasteiger charge is -2.29. The molecule has 1 saturated heterocycles. The summed E-state index contributed by atoms with van der Waals surface area (Å²) < 4.78 is 0. The standard InChI is InChI=1S/C20H29ClN4O4/c1-13(2)18(20(27)22-9-6-14-7-10-24(3)11-8-14)23-19(26)16-5-4-15(25(28)29)12-17(16)21/h4-5,12-14,18H,6-11H2,1-3H3,(H,22,27)(H,23,26). The van der Waals surface area contributed by atoms with Gasteiger partial charge in [0.2, 0.25) is 5.91 Å². The monoisotopic (exact) mass is 424 g/mol. The van der Waals surface area contributed by atoms with Gasteiger partial charge in [0.05, 0.1) is 15.5 Å². The number of hydrogen-bond donors (Lipinski definition) is 2. The number of amides is 2. The van der Waals surface area contributed by atoms with Gasteiger partial charge in [0.25, 0.3) is 11.6 Å². The number of non-ortho nitro benzene ring substituents is 1. The maximum absolute atomic E-state index is 12.6. The second-order valence-corrected chi connectivity index (χ2v) is 8.35. The Morgan fingerprint density at radius 1 is 1.31 bits per heavy atom. The molecule has 0 aromatic heterocycles. The first-order valence-electron chi connectivity index (χ1n) is 9.90. The van der Waals surface area contributed by atoms with E-state index in [9.17, 15) is 19.7 Å². The molecule has 2 rings (SSSR count). The molecule has 0 radical (unpaired) electrons. The van der Waals surface area contributed by atoms with Gasteiger partial charge in [0, 0.05) is 18.7 Å². The molecule has 0 spiro atoms. The number of carbonyl (C=O) groups excluding carboxylic acids is 2. The van der Waals surface area contributed by atoms with E-state index in [4.69, 9.17) is 11.6 Å². The van der Waals surface area contributed by atoms with Crippen LogP contribution in [0.3, 0.4) is 0 Å². The molecule has 1 fully saturated rings. The van der Waals surface area contributed by atoms with Gasteiger partial charge < -0.3 is 15.5 Å². The average molecular weight is 425 g/mol. The van der Waals surface area contributed by atoms with Crippen molar-refractivity contribution in [1.82, 2.24) is 15.5 Å². The summed E-state index contributed by atoms with van der Waals surface area (Å²) in [4.78, 5) is 37.7. The summed E-state index contributed by atoms with van der Waals surface area (Å²) in [5.41, 5.74) is -0.0966. The van der Waals surface area contributed by atoms with E-state index in [1.165, 1.54) is 12.1 Å². The van der Waals surface area contributed by atoms with Crippen LogP contribution in [0.15, 0.2) is 18.2 Å². The van der Waals surface area contributed by atoms with Gasteiger partial charge in [0.1, 0.15) is 6.04 Å². The van der Waals surface area contributed by atoms with Gasteiger partial charge >= 0.3 is 0 Å². The fraction of sp³-hybridized carbons (Fsp3) is 0.600. The van der Waals surface area contributed by atoms with Crippen molar-refractivity contribution in [3.05, 3.63) is 38.9 Å². The highest BCUT2D eigenvalue weighted by atomic mass is 35.5. The summed E-state index contributed by atoms with van der Waals surface area (Å²) in [5, 5.41) is 16.4. The van der Waals surface area contributed by atoms with E-state index in [2.05, 4.69) is 22.6 Å². The summed E-state index contributed by atoms with van der Waals surface area (Å²) in [6.07, 6.45) is 3.19. The lowest BCUT2D eigenvalue weighted by Crippen LogP contribution is -2.50. The second-order valence-electron chi connectivity index (χ2n) is 7.94. The molecule has 29 heavy (non-hydrogen) atoms. The molecule has 1 unspecified atom stereocenters. The minimum Gasteiger partial charge on any atom is -0.354 e. The highest BCUT2D eigenvalue weighted by Gasteiger charge is 2.26. The number of nitro benzene ring substituents is 1. The normalized spacial score (nSPS) is 16.4. The van der Waals surface area contributed by atoms with E-state index >= 15 is 0 Å². The highest BCUT2D eigenvalue weighted by Crippen LogP contribution is 2.23. The van der Waals surface area contributed by atoms with Crippen LogP contribution in [0.25, 0.3) is 0 Å². The molecule has 8 nitrogen and oxygen atoms in total. The third-order valence-electron chi connectivity index (χ3n) is 5.33. The smallest absolute Gasteiger partial charge is 0.270 e. The minimum atomic E-state index is -0.716. The number of piperidine rings is 1. The van der Waals surface area contributed by atoms with Crippen molar-refractivity contribution < 1.29 is 14.5 Å². The molecule has 1 atom stereocenters. The van der Waals surface area contributed by atoms with Crippen molar-refractivity contribution in [2.24, 2.45) is 11.8 Å². The van der Waals surface area contributed by atoms with Gasteiger partial charge in [-0.15, -0.1) is 0 Å². The first kappa shape index (κ1) is 23.1. The van der Waals surface area contributed by atoms with Crippen LogP contribution in [0.2, 0.25) is 5.02 Å². The molecule has 1 aliphatic heterocycles. The molecular formula is C20H29ClN4O4. The number of hydrogen-bond acceptors (Lipinski definition) is 5. The van der Waals surface area contributed by atoms with Crippen LogP contribution in [-0.2, 0) is 4.79 Å². The molecule has 160 valence electrons. The SMILES string of the molecule is CC(C)C(NC(=O)c1ccc([N+](=O)[O-])cc1Cl)C(=O)NCCC1CCN(C)CC1. The second kappa shape index (κ2) is 10.5. The summed E-state index contributed by atoms with van der Waals surface area (Å²) in [5.74, 6) is -0.287. The zero-order chi connectivity index (χ0) is 21.6. The number of nitro groups is 1. The first-order chi connectivity index (χ1) is 13.7. The Kier molecular flexibility index (Phi) is 8.40. The van der Waals surface area contributed by atoms with Gasteiger partial charge in [-0.3, -0.25) is 19.7 Å². The van der Waals surface area contributed by atoms with Gasteiger partial charge in [-0.25, -0.2) is 0 Å². The van der Waals surface area contributed by atoms with Crippen LogP contribution in [0, 0.1) is 22.0 Å². The Balaban J connectivity index is 1.92. The highest BCUT2D eigenvalue weighted by molar-refractivity contribution is 6.34. The van der Waals surface area contributed by atoms with E-state index in [1.807, 2.05) is 13.8 Å². The van der Waals surface area contributed by atoms with Gasteiger partial charge in [0.15, 0.2) is 0 Å². The molecule has 2 N–H and O–H groups in total. The summed E-state index contributed by atoms with van der Waals surface area (Å²) in [6, 6.07) is 2.92. The number of rotatable bonds is 8. The fourth-order valence-corrected chi connectivity index (χ4v) is 3.68. The van der Waals surface area contributed by atoms with Gasteiger partial charge in [-0.2, -0.15) is 0 Å². The maximum Gasteiger partial charge on any atom is 0.270 e. The third kappa shape index (κ3) is 6.68. The molecule has 0 aliphatic carbocycles. The molecule has 1 aliphatic rings. The Morgan fingerprint density at radius 2 is 1.97 bits per heavy atom. The van der Waals surface area contributed by atoms with Crippen LogP contribution >= 0.6 is 11.6 Å². The van der Waals surface area contributed by atoms with Crippen LogP contribution in [0.5, 0.6) is 0 Å². The fourth-order valence-electron chi connectivity index (χ4n) is 3.42. The molecule has 1 aromatic carbocycles. The number of carbonyl (C=O) groups is 2. The van der Waals surface area contributed by atoms with Crippen LogP contribution in [0.4, 0.5) is 5.69 Å². The summed E-state index contributed by atoms with van der Waals surface area (Å²) >= 11 is 6.02. The first-order valence-corrected chi connectivity index (χ1v) is 10.3. The Bertz CT molecular complexity index is 748. The van der Waals surface area contributed by atoms with E-state index in [0.29, 0.717) is 12.5 Å². The van der Waals surface area contributed by atoms with Crippen LogP contribution < -0.4 is 10.6 Å². The summed E-state index contributed by atoms with van der Waals surface area (Å²) in [6.45, 7) is 6.43. The van der Waals surface area contributed by atoms with E-state index in [1.54, 1.807) is 0 Å². The molecular weight excluding hydrogens is 396 g/mol. The largest absolute Gasteiger partial charge is 0.354 e. The van der Waals surface area contributed by atoms with E-state index in [-0.39, 0.29) is 28.1 Å². The molecule has 9 heteroatoms. The number of likely N-dealkylation sites (tertiary alicyclic amines) is 1. The van der Waals surface area contributed by atoms with Gasteiger partial charge in [-0.1, -0.05) is 25.4 Å². The van der Waals surface area contributed by atoms with Crippen molar-refractivity contribution in [1.29, 1.82) is 0 Å². The van der Waals surface area contributed by atoms with Crippen molar-refractivity contribution in [2.75, 3.05) is 26.7 Å². The molecule has 0 bridgehead atoms. The molecule has 1 heterocycles. The number of nitrogens with one attached hydrogen (secondary N) is 2. The zero-order valence-electron chi connectivity index (χ0n) is 17.1. The lowest BCUT2D eigenvalue weighted by atomic mass is 9.94. The van der Waals surface area contributed by atoms with Crippen molar-refractivity contribution in [2.45, 2.75) is 39.2 Å². The van der Waals surface area contributed by atoms with E-state index < -0.39 is 16.9 Å². The predicted molar refractivity (Wildman–Crippen MR) is 112 cm³/mol. The topological polar surface area (TPSA) is 105 Å². The minimum absolute atomic E-state index is 0.0260. The number of benzene rings is 1. The predicted octanol–water partition coefficient (Wildman–Crippen LogP) is 2.85. The number of halogens is 1. The molecule has 2 amide bonds. The number of nitrogens with zero attached hydrogens (tertiary/aromatic N) is 2.